The first-order valence-electron chi connectivity index (χ1n) is 5.80. The van der Waals surface area contributed by atoms with E-state index in [1.54, 1.807) is 26.2 Å². The number of aliphatic carboxylic acids is 1. The monoisotopic (exact) mass is 286 g/mol. The van der Waals surface area contributed by atoms with E-state index in [4.69, 9.17) is 9.84 Å². The summed E-state index contributed by atoms with van der Waals surface area (Å²) in [6.07, 6.45) is -0.877. The molecule has 0 aliphatic heterocycles. The topological polar surface area (TPSA) is 88.5 Å². The van der Waals surface area contributed by atoms with Crippen molar-refractivity contribution in [3.05, 3.63) is 16.1 Å². The van der Waals surface area contributed by atoms with Gasteiger partial charge in [0.1, 0.15) is 10.6 Å². The molecule has 0 saturated carbocycles. The lowest BCUT2D eigenvalue weighted by Crippen LogP contribution is -2.35. The number of carbonyl (C=O) groups is 2. The van der Waals surface area contributed by atoms with Gasteiger partial charge in [-0.1, -0.05) is 0 Å². The van der Waals surface area contributed by atoms with Gasteiger partial charge in [0.2, 0.25) is 0 Å². The van der Waals surface area contributed by atoms with Crippen LogP contribution in [0.4, 0.5) is 4.79 Å². The zero-order valence-corrected chi connectivity index (χ0v) is 12.2. The second-order valence-corrected chi connectivity index (χ2v) is 6.01. The summed E-state index contributed by atoms with van der Waals surface area (Å²) in [6.45, 7) is 7.04. The molecule has 1 amide bonds. The predicted molar refractivity (Wildman–Crippen MR) is 71.2 cm³/mol. The Kier molecular flexibility index (Phi) is 4.88. The van der Waals surface area contributed by atoms with Crippen LogP contribution in [0.15, 0.2) is 5.38 Å². The Morgan fingerprint density at radius 2 is 2.16 bits per heavy atom. The van der Waals surface area contributed by atoms with Gasteiger partial charge in [-0.2, -0.15) is 0 Å². The molecule has 7 heteroatoms. The van der Waals surface area contributed by atoms with Gasteiger partial charge < -0.3 is 15.2 Å². The number of rotatable bonds is 4. The van der Waals surface area contributed by atoms with Crippen molar-refractivity contribution in [3.8, 4) is 0 Å². The van der Waals surface area contributed by atoms with Crippen LogP contribution in [0.5, 0.6) is 0 Å². The maximum absolute atomic E-state index is 11.7. The Morgan fingerprint density at radius 3 is 2.58 bits per heavy atom. The van der Waals surface area contributed by atoms with Crippen LogP contribution in [0.25, 0.3) is 0 Å². The lowest BCUT2D eigenvalue weighted by molar-refractivity contribution is -0.137. The first kappa shape index (κ1) is 15.4. The highest BCUT2D eigenvalue weighted by molar-refractivity contribution is 7.09. The predicted octanol–water partition coefficient (Wildman–Crippen LogP) is 2.49. The van der Waals surface area contributed by atoms with Crippen molar-refractivity contribution in [1.29, 1.82) is 0 Å². The minimum Gasteiger partial charge on any atom is -0.481 e. The molecule has 0 aromatic carbocycles. The molecular weight excluding hydrogens is 268 g/mol. The Balaban J connectivity index is 2.76. The second-order valence-electron chi connectivity index (χ2n) is 5.12. The third-order valence-corrected chi connectivity index (χ3v) is 3.08. The standard InChI is InChI=1S/C12H18N2O4S/c1-7-6-19-10(13-7)8(5-9(15)16)14-11(17)18-12(2,3)4/h6,8H,5H2,1-4H3,(H,14,17)(H,15,16)/t8-/m0/s1. The number of aryl methyl sites for hydroxylation is 1. The quantitative estimate of drug-likeness (QED) is 0.887. The van der Waals surface area contributed by atoms with Crippen molar-refractivity contribution in [3.63, 3.8) is 0 Å². The number of carboxylic acids is 1. The Hall–Kier alpha value is -1.63. The molecule has 0 aliphatic carbocycles. The number of alkyl carbamates (subject to hydrolysis) is 1. The minimum atomic E-state index is -1.01. The fraction of sp³-hybridized carbons (Fsp3) is 0.583. The summed E-state index contributed by atoms with van der Waals surface area (Å²) in [6, 6.07) is -0.675. The summed E-state index contributed by atoms with van der Waals surface area (Å²) in [4.78, 5) is 26.7. The summed E-state index contributed by atoms with van der Waals surface area (Å²) >= 11 is 1.31. The van der Waals surface area contributed by atoms with Crippen LogP contribution in [0.2, 0.25) is 0 Å². The molecule has 19 heavy (non-hydrogen) atoms. The van der Waals surface area contributed by atoms with Crippen LogP contribution in [0.3, 0.4) is 0 Å². The Morgan fingerprint density at radius 1 is 1.53 bits per heavy atom. The van der Waals surface area contributed by atoms with Gasteiger partial charge in [0.05, 0.1) is 12.5 Å². The van der Waals surface area contributed by atoms with Gasteiger partial charge in [0, 0.05) is 11.1 Å². The van der Waals surface area contributed by atoms with Crippen molar-refractivity contribution in [2.75, 3.05) is 0 Å². The zero-order valence-electron chi connectivity index (χ0n) is 11.4. The fourth-order valence-electron chi connectivity index (χ4n) is 1.36. The molecule has 0 fully saturated rings. The molecule has 0 radical (unpaired) electrons. The SMILES string of the molecule is Cc1csc([C@H](CC(=O)O)NC(=O)OC(C)(C)C)n1. The molecule has 1 rings (SSSR count). The number of amides is 1. The summed E-state index contributed by atoms with van der Waals surface area (Å²) < 4.78 is 5.11. The number of hydrogen-bond acceptors (Lipinski definition) is 5. The first-order valence-corrected chi connectivity index (χ1v) is 6.68. The number of ether oxygens (including phenoxy) is 1. The molecule has 0 aliphatic rings. The van der Waals surface area contributed by atoms with E-state index < -0.39 is 23.7 Å². The number of nitrogens with zero attached hydrogens (tertiary/aromatic N) is 1. The van der Waals surface area contributed by atoms with Gasteiger partial charge in [0.15, 0.2) is 0 Å². The van der Waals surface area contributed by atoms with Gasteiger partial charge in [-0.3, -0.25) is 4.79 Å². The van der Waals surface area contributed by atoms with Crippen molar-refractivity contribution in [1.82, 2.24) is 10.3 Å². The molecule has 1 aromatic heterocycles. The number of thiazole rings is 1. The highest BCUT2D eigenvalue weighted by Gasteiger charge is 2.24. The Bertz CT molecular complexity index is 465. The molecular formula is C12H18N2O4S. The van der Waals surface area contributed by atoms with E-state index in [-0.39, 0.29) is 6.42 Å². The van der Waals surface area contributed by atoms with E-state index in [0.29, 0.717) is 5.01 Å². The third-order valence-electron chi connectivity index (χ3n) is 2.00. The molecule has 0 saturated heterocycles. The van der Waals surface area contributed by atoms with Gasteiger partial charge in [-0.25, -0.2) is 9.78 Å². The van der Waals surface area contributed by atoms with E-state index in [0.717, 1.165) is 5.69 Å². The number of aromatic nitrogens is 1. The highest BCUT2D eigenvalue weighted by atomic mass is 32.1. The van der Waals surface area contributed by atoms with Crippen molar-refractivity contribution >= 4 is 23.4 Å². The molecule has 6 nitrogen and oxygen atoms in total. The minimum absolute atomic E-state index is 0.230. The highest BCUT2D eigenvalue weighted by Crippen LogP contribution is 2.21. The van der Waals surface area contributed by atoms with Crippen LogP contribution in [0.1, 0.15) is 43.9 Å². The van der Waals surface area contributed by atoms with E-state index in [9.17, 15) is 9.59 Å². The number of carboxylic acid groups (broad SMARTS) is 1. The molecule has 1 atom stereocenters. The average Bonchev–Trinajstić information content (AvgIpc) is 2.60. The fourth-order valence-corrected chi connectivity index (χ4v) is 2.20. The van der Waals surface area contributed by atoms with Crippen LogP contribution >= 0.6 is 11.3 Å². The van der Waals surface area contributed by atoms with E-state index in [1.807, 2.05) is 6.92 Å². The number of nitrogens with one attached hydrogen (secondary N) is 1. The van der Waals surface area contributed by atoms with Crippen molar-refractivity contribution in [2.45, 2.75) is 45.8 Å². The lowest BCUT2D eigenvalue weighted by atomic mass is 10.2. The van der Waals surface area contributed by atoms with Gasteiger partial charge in [-0.15, -0.1) is 11.3 Å². The third kappa shape index (κ3) is 5.69. The summed E-state index contributed by atoms with van der Waals surface area (Å²) in [5, 5.41) is 13.8. The van der Waals surface area contributed by atoms with E-state index in [1.165, 1.54) is 11.3 Å². The molecule has 2 N–H and O–H groups in total. The lowest BCUT2D eigenvalue weighted by Gasteiger charge is -2.22. The molecule has 0 spiro atoms. The summed E-state index contributed by atoms with van der Waals surface area (Å²) in [7, 11) is 0. The van der Waals surface area contributed by atoms with Crippen LogP contribution in [0, 0.1) is 6.92 Å². The second kappa shape index (κ2) is 6.01. The maximum Gasteiger partial charge on any atom is 0.408 e. The normalized spacial score (nSPS) is 12.8. The summed E-state index contributed by atoms with van der Waals surface area (Å²) in [5.41, 5.74) is 0.165. The number of hydrogen-bond donors (Lipinski definition) is 2. The zero-order chi connectivity index (χ0) is 14.6. The van der Waals surface area contributed by atoms with Crippen LogP contribution in [-0.2, 0) is 9.53 Å². The molecule has 106 valence electrons. The smallest absolute Gasteiger partial charge is 0.408 e. The van der Waals surface area contributed by atoms with E-state index >= 15 is 0 Å². The maximum atomic E-state index is 11.7. The molecule has 0 unspecified atom stereocenters. The Labute approximate surface area is 115 Å². The summed E-state index contributed by atoms with van der Waals surface area (Å²) in [5.74, 6) is -1.01. The van der Waals surface area contributed by atoms with Crippen LogP contribution < -0.4 is 5.32 Å². The van der Waals surface area contributed by atoms with Gasteiger partial charge in [0.25, 0.3) is 0 Å². The molecule has 0 bridgehead atoms. The number of carbonyl (C=O) groups excluding carboxylic acids is 1. The van der Waals surface area contributed by atoms with E-state index in [2.05, 4.69) is 10.3 Å². The average molecular weight is 286 g/mol. The van der Waals surface area contributed by atoms with Crippen LogP contribution in [-0.4, -0.2) is 27.8 Å². The van der Waals surface area contributed by atoms with Crippen molar-refractivity contribution < 1.29 is 19.4 Å². The first-order chi connectivity index (χ1) is 8.67. The van der Waals surface area contributed by atoms with Gasteiger partial charge in [-0.05, 0) is 27.7 Å². The largest absolute Gasteiger partial charge is 0.481 e. The van der Waals surface area contributed by atoms with Crippen molar-refractivity contribution in [2.24, 2.45) is 0 Å². The molecule has 1 aromatic rings. The van der Waals surface area contributed by atoms with Gasteiger partial charge >= 0.3 is 12.1 Å². The molecule has 1 heterocycles.